The van der Waals surface area contributed by atoms with E-state index in [0.29, 0.717) is 12.0 Å². The molecule has 1 aromatic carbocycles. The number of benzene rings is 1. The number of fused-ring (bicyclic) bond motifs is 2. The van der Waals surface area contributed by atoms with Gasteiger partial charge >= 0.3 is 0 Å². The summed E-state index contributed by atoms with van der Waals surface area (Å²) in [7, 11) is 1.94. The van der Waals surface area contributed by atoms with Gasteiger partial charge in [-0.15, -0.1) is 0 Å². The van der Waals surface area contributed by atoms with Crippen LogP contribution in [0.25, 0.3) is 27.7 Å². The predicted molar refractivity (Wildman–Crippen MR) is 118 cm³/mol. The molecule has 6 rings (SSSR count). The highest BCUT2D eigenvalue weighted by molar-refractivity contribution is 5.95. The number of allylic oxidation sites excluding steroid dienone is 1. The number of aromatic nitrogens is 4. The minimum absolute atomic E-state index is 0.632. The number of aryl methyl sites for hydroxylation is 2. The van der Waals surface area contributed by atoms with E-state index in [1.807, 2.05) is 24.1 Å². The molecule has 2 aliphatic heterocycles. The molecule has 4 heterocycles. The molecule has 3 aliphatic rings. The van der Waals surface area contributed by atoms with Gasteiger partial charge in [-0.25, -0.2) is 0 Å². The number of rotatable bonds is 3. The zero-order chi connectivity index (χ0) is 20.2. The van der Waals surface area contributed by atoms with E-state index in [9.17, 15) is 0 Å². The highest BCUT2D eigenvalue weighted by Crippen LogP contribution is 2.43. The molecule has 2 fully saturated rings. The van der Waals surface area contributed by atoms with Crippen molar-refractivity contribution >= 4 is 16.5 Å². The van der Waals surface area contributed by atoms with Crippen molar-refractivity contribution in [1.82, 2.24) is 24.9 Å². The van der Waals surface area contributed by atoms with Crippen molar-refractivity contribution in [3.63, 3.8) is 0 Å². The maximum Gasteiger partial charge on any atom is 0.103 e. The van der Waals surface area contributed by atoms with Crippen molar-refractivity contribution in [2.75, 3.05) is 26.3 Å². The number of nitrogens with zero attached hydrogens (tertiary/aromatic N) is 4. The number of H-pyrrole nitrogens is 1. The molecule has 6 heteroatoms. The molecule has 1 unspecified atom stereocenters. The van der Waals surface area contributed by atoms with Crippen molar-refractivity contribution in [2.45, 2.75) is 32.2 Å². The van der Waals surface area contributed by atoms with Crippen LogP contribution in [-0.4, -0.2) is 57.2 Å². The maximum absolute atomic E-state index is 5.73. The molecule has 2 aromatic heterocycles. The number of hydrogen-bond acceptors (Lipinski definition) is 4. The second kappa shape index (κ2) is 7.06. The predicted octanol–water partition coefficient (Wildman–Crippen LogP) is 3.79. The summed E-state index contributed by atoms with van der Waals surface area (Å²) in [6, 6.07) is 5.22. The van der Waals surface area contributed by atoms with E-state index >= 15 is 0 Å². The smallest absolute Gasteiger partial charge is 0.103 e. The van der Waals surface area contributed by atoms with Gasteiger partial charge in [-0.05, 0) is 66.9 Å². The molecule has 3 atom stereocenters. The van der Waals surface area contributed by atoms with Gasteiger partial charge in [0.25, 0.3) is 0 Å². The van der Waals surface area contributed by atoms with E-state index in [2.05, 4.69) is 45.3 Å². The number of nitrogens with one attached hydrogen (secondary N) is 1. The summed E-state index contributed by atoms with van der Waals surface area (Å²) in [5.74, 6) is 1.43. The van der Waals surface area contributed by atoms with Crippen LogP contribution >= 0.6 is 0 Å². The third-order valence-electron chi connectivity index (χ3n) is 7.30. The zero-order valence-corrected chi connectivity index (χ0v) is 17.8. The van der Waals surface area contributed by atoms with E-state index in [1.54, 1.807) is 0 Å². The van der Waals surface area contributed by atoms with Crippen LogP contribution in [0.15, 0.2) is 30.6 Å². The van der Waals surface area contributed by atoms with Gasteiger partial charge < -0.3 is 4.74 Å². The summed E-state index contributed by atoms with van der Waals surface area (Å²) in [5.41, 5.74) is 7.37. The summed E-state index contributed by atoms with van der Waals surface area (Å²) >= 11 is 0. The molecule has 30 heavy (non-hydrogen) atoms. The molecule has 0 saturated carbocycles. The average molecular weight is 404 g/mol. The van der Waals surface area contributed by atoms with Gasteiger partial charge in [0.1, 0.15) is 5.69 Å². The maximum atomic E-state index is 5.73. The summed E-state index contributed by atoms with van der Waals surface area (Å²) < 4.78 is 7.56. The van der Waals surface area contributed by atoms with Crippen LogP contribution in [0.5, 0.6) is 0 Å². The fourth-order valence-electron chi connectivity index (χ4n) is 5.74. The monoisotopic (exact) mass is 403 g/mol. The molecule has 6 nitrogen and oxygen atoms in total. The molecular weight excluding hydrogens is 374 g/mol. The molecule has 0 amide bonds. The molecule has 0 spiro atoms. The van der Waals surface area contributed by atoms with Crippen molar-refractivity contribution in [2.24, 2.45) is 18.9 Å². The lowest BCUT2D eigenvalue weighted by molar-refractivity contribution is 0.0249. The third-order valence-corrected chi connectivity index (χ3v) is 7.30. The summed E-state index contributed by atoms with van der Waals surface area (Å²) in [5, 5.41) is 13.3. The van der Waals surface area contributed by atoms with E-state index in [0.717, 1.165) is 35.9 Å². The Morgan fingerprint density at radius 2 is 2.17 bits per heavy atom. The van der Waals surface area contributed by atoms with Crippen LogP contribution in [0.4, 0.5) is 0 Å². The largest absolute Gasteiger partial charge is 0.380 e. The fraction of sp³-hybridized carbons (Fsp3) is 0.500. The fourth-order valence-corrected chi connectivity index (χ4v) is 5.74. The minimum Gasteiger partial charge on any atom is -0.380 e. The SMILES string of the molecule is Cc1cc2[nH]nc(-c3cnn(C)c3)c2cc1C1=C[C@@H]2CN(C3CCCOC3)C[C@@H]2C1. The van der Waals surface area contributed by atoms with Gasteiger partial charge in [-0.3, -0.25) is 14.7 Å². The molecule has 2 saturated heterocycles. The molecule has 0 bridgehead atoms. The van der Waals surface area contributed by atoms with Gasteiger partial charge in [0.2, 0.25) is 0 Å². The Labute approximate surface area is 176 Å². The first-order chi connectivity index (χ1) is 14.7. The van der Waals surface area contributed by atoms with Gasteiger partial charge in [-0.1, -0.05) is 6.08 Å². The van der Waals surface area contributed by atoms with Crippen molar-refractivity contribution in [3.05, 3.63) is 41.7 Å². The molecule has 1 aliphatic carbocycles. The standard InChI is InChI=1S/C24H29N5O/c1-15-6-23-22(24(27-26-23)19-10-25-28(2)11-19)9-21(15)16-7-17-12-29(13-18(17)8-16)20-4-3-5-30-14-20/h6-7,9-11,17-18,20H,3-5,8,12-14H2,1-2H3,(H,26,27)/t17-,18+,20?/m1/s1. The second-order valence-electron chi connectivity index (χ2n) is 9.33. The van der Waals surface area contributed by atoms with Crippen LogP contribution in [0.1, 0.15) is 30.4 Å². The normalized spacial score (nSPS) is 27.0. The Morgan fingerprint density at radius 3 is 2.93 bits per heavy atom. The molecule has 3 aromatic rings. The second-order valence-corrected chi connectivity index (χ2v) is 9.33. The summed E-state index contributed by atoms with van der Waals surface area (Å²) in [6.45, 7) is 6.49. The first-order valence-corrected chi connectivity index (χ1v) is 11.2. The number of aromatic amines is 1. The van der Waals surface area contributed by atoms with Crippen molar-refractivity contribution in [3.8, 4) is 11.3 Å². The van der Waals surface area contributed by atoms with Gasteiger partial charge in [0, 0.05) is 49.9 Å². The van der Waals surface area contributed by atoms with E-state index in [4.69, 9.17) is 4.74 Å². The third kappa shape index (κ3) is 3.01. The molecule has 1 N–H and O–H groups in total. The topological polar surface area (TPSA) is 59.0 Å². The first-order valence-electron chi connectivity index (χ1n) is 11.2. The molecule has 0 radical (unpaired) electrons. The van der Waals surface area contributed by atoms with E-state index < -0.39 is 0 Å². The summed E-state index contributed by atoms with van der Waals surface area (Å²) in [4.78, 5) is 2.69. The first kappa shape index (κ1) is 18.3. The Bertz CT molecular complexity index is 1120. The number of ether oxygens (including phenoxy) is 1. The van der Waals surface area contributed by atoms with Gasteiger partial charge in [0.15, 0.2) is 0 Å². The quantitative estimate of drug-likeness (QED) is 0.723. The average Bonchev–Trinajstić information content (AvgIpc) is 3.50. The lowest BCUT2D eigenvalue weighted by Gasteiger charge is -2.31. The van der Waals surface area contributed by atoms with Crippen LogP contribution in [0.2, 0.25) is 0 Å². The van der Waals surface area contributed by atoms with E-state index in [-0.39, 0.29) is 0 Å². The van der Waals surface area contributed by atoms with E-state index in [1.165, 1.54) is 54.4 Å². The Kier molecular flexibility index (Phi) is 4.32. The minimum atomic E-state index is 0.632. The Balaban J connectivity index is 1.29. The Hall–Kier alpha value is -2.44. The van der Waals surface area contributed by atoms with Crippen LogP contribution in [-0.2, 0) is 11.8 Å². The highest BCUT2D eigenvalue weighted by atomic mass is 16.5. The molecule has 156 valence electrons. The Morgan fingerprint density at radius 1 is 1.23 bits per heavy atom. The van der Waals surface area contributed by atoms with Gasteiger partial charge in [0.05, 0.1) is 18.3 Å². The van der Waals surface area contributed by atoms with Crippen molar-refractivity contribution in [1.29, 1.82) is 0 Å². The lowest BCUT2D eigenvalue weighted by Crippen LogP contribution is -2.40. The zero-order valence-electron chi connectivity index (χ0n) is 17.8. The summed E-state index contributed by atoms with van der Waals surface area (Å²) in [6.07, 6.45) is 10.2. The number of likely N-dealkylation sites (tertiary alicyclic amines) is 1. The van der Waals surface area contributed by atoms with Crippen LogP contribution < -0.4 is 0 Å². The lowest BCUT2D eigenvalue weighted by atomic mass is 9.94. The number of hydrogen-bond donors (Lipinski definition) is 1. The van der Waals surface area contributed by atoms with Gasteiger partial charge in [-0.2, -0.15) is 10.2 Å². The van der Waals surface area contributed by atoms with Crippen LogP contribution in [0.3, 0.4) is 0 Å². The van der Waals surface area contributed by atoms with Crippen LogP contribution in [0, 0.1) is 18.8 Å². The highest BCUT2D eigenvalue weighted by Gasteiger charge is 2.39. The molecular formula is C24H29N5O. The van der Waals surface area contributed by atoms with Crippen molar-refractivity contribution < 1.29 is 4.74 Å².